The number of nitrogens with zero attached hydrogens (tertiary/aromatic N) is 2. The standard InChI is InChI=1S/C21H17N3O2S/c1-14-10-11-15(27-14)12-22-23-20(25)13-24-18-8-4-2-6-16(18)21(26)17-7-3-5-9-19(17)24/h2-12H,13H2,1H3,(H,23,25)/b22-12-. The van der Waals surface area contributed by atoms with E-state index in [0.29, 0.717) is 10.8 Å². The van der Waals surface area contributed by atoms with Gasteiger partial charge in [0.1, 0.15) is 6.54 Å². The molecular formula is C21H17N3O2S. The molecule has 4 aromatic rings. The molecule has 5 nitrogen and oxygen atoms in total. The van der Waals surface area contributed by atoms with E-state index >= 15 is 0 Å². The molecule has 0 spiro atoms. The molecule has 1 amide bonds. The number of pyridine rings is 1. The smallest absolute Gasteiger partial charge is 0.260 e. The summed E-state index contributed by atoms with van der Waals surface area (Å²) in [5, 5.41) is 5.24. The summed E-state index contributed by atoms with van der Waals surface area (Å²) in [4.78, 5) is 27.3. The summed E-state index contributed by atoms with van der Waals surface area (Å²) in [5.74, 6) is -0.251. The minimum Gasteiger partial charge on any atom is -0.331 e. The first kappa shape index (κ1) is 17.2. The van der Waals surface area contributed by atoms with Crippen LogP contribution < -0.4 is 10.9 Å². The summed E-state index contributed by atoms with van der Waals surface area (Å²) >= 11 is 1.61. The lowest BCUT2D eigenvalue weighted by molar-refractivity contribution is -0.121. The molecule has 2 aromatic heterocycles. The van der Waals surface area contributed by atoms with E-state index < -0.39 is 0 Å². The van der Waals surface area contributed by atoms with Crippen molar-refractivity contribution in [2.45, 2.75) is 13.5 Å². The van der Waals surface area contributed by atoms with Crippen molar-refractivity contribution in [1.82, 2.24) is 9.99 Å². The number of hydrazone groups is 1. The molecule has 0 saturated carbocycles. The number of aromatic nitrogens is 1. The molecule has 0 atom stereocenters. The van der Waals surface area contributed by atoms with Crippen molar-refractivity contribution in [3.05, 3.63) is 80.6 Å². The summed E-state index contributed by atoms with van der Waals surface area (Å²) in [6, 6.07) is 18.6. The van der Waals surface area contributed by atoms with Crippen LogP contribution in [0.5, 0.6) is 0 Å². The molecule has 2 heterocycles. The summed E-state index contributed by atoms with van der Waals surface area (Å²) in [6.07, 6.45) is 1.64. The van der Waals surface area contributed by atoms with Crippen molar-refractivity contribution in [3.63, 3.8) is 0 Å². The molecule has 0 aliphatic carbocycles. The largest absolute Gasteiger partial charge is 0.331 e. The van der Waals surface area contributed by atoms with E-state index in [2.05, 4.69) is 10.5 Å². The second-order valence-electron chi connectivity index (χ2n) is 6.19. The fourth-order valence-corrected chi connectivity index (χ4v) is 3.87. The summed E-state index contributed by atoms with van der Waals surface area (Å²) < 4.78 is 1.85. The number of hydrogen-bond donors (Lipinski definition) is 1. The Morgan fingerprint density at radius 2 is 1.67 bits per heavy atom. The SMILES string of the molecule is Cc1ccc(/C=N\NC(=O)Cn2c3ccccc3c(=O)c3ccccc32)s1. The molecule has 0 bridgehead atoms. The lowest BCUT2D eigenvalue weighted by atomic mass is 10.1. The highest BCUT2D eigenvalue weighted by atomic mass is 32.1. The molecule has 4 rings (SSSR count). The quantitative estimate of drug-likeness (QED) is 0.336. The number of fused-ring (bicyclic) bond motifs is 2. The molecule has 0 radical (unpaired) electrons. The molecule has 0 unspecified atom stereocenters. The third-order valence-corrected chi connectivity index (χ3v) is 5.26. The first-order valence-electron chi connectivity index (χ1n) is 8.52. The number of thiophene rings is 1. The Kier molecular flexibility index (Phi) is 4.56. The zero-order valence-electron chi connectivity index (χ0n) is 14.7. The number of para-hydroxylation sites is 2. The van der Waals surface area contributed by atoms with Gasteiger partial charge in [-0.3, -0.25) is 9.59 Å². The van der Waals surface area contributed by atoms with E-state index in [4.69, 9.17) is 0 Å². The fourth-order valence-electron chi connectivity index (χ4n) is 3.12. The highest BCUT2D eigenvalue weighted by molar-refractivity contribution is 7.13. The van der Waals surface area contributed by atoms with Crippen LogP contribution in [0.2, 0.25) is 0 Å². The topological polar surface area (TPSA) is 63.5 Å². The van der Waals surface area contributed by atoms with E-state index in [0.717, 1.165) is 15.9 Å². The van der Waals surface area contributed by atoms with Crippen LogP contribution in [-0.2, 0) is 11.3 Å². The van der Waals surface area contributed by atoms with E-state index in [1.165, 1.54) is 4.88 Å². The van der Waals surface area contributed by atoms with Gasteiger partial charge in [0.05, 0.1) is 17.2 Å². The molecule has 0 fully saturated rings. The number of hydrogen-bond acceptors (Lipinski definition) is 4. The minimum atomic E-state index is -0.251. The van der Waals surface area contributed by atoms with Crippen molar-refractivity contribution in [2.75, 3.05) is 0 Å². The zero-order valence-corrected chi connectivity index (χ0v) is 15.5. The Morgan fingerprint density at radius 3 is 2.26 bits per heavy atom. The first-order chi connectivity index (χ1) is 13.1. The summed E-state index contributed by atoms with van der Waals surface area (Å²) in [7, 11) is 0. The van der Waals surface area contributed by atoms with Crippen molar-refractivity contribution in [2.24, 2.45) is 5.10 Å². The Hall–Kier alpha value is -3.25. The number of carbonyl (C=O) groups is 1. The predicted molar refractivity (Wildman–Crippen MR) is 111 cm³/mol. The van der Waals surface area contributed by atoms with Gasteiger partial charge < -0.3 is 4.57 Å². The zero-order chi connectivity index (χ0) is 18.8. The number of rotatable bonds is 4. The Balaban J connectivity index is 1.68. The Labute approximate surface area is 159 Å². The highest BCUT2D eigenvalue weighted by Gasteiger charge is 2.12. The molecule has 134 valence electrons. The van der Waals surface area contributed by atoms with Gasteiger partial charge in [0.15, 0.2) is 5.43 Å². The number of amides is 1. The van der Waals surface area contributed by atoms with E-state index in [1.54, 1.807) is 29.7 Å². The Morgan fingerprint density at radius 1 is 1.04 bits per heavy atom. The van der Waals surface area contributed by atoms with Crippen molar-refractivity contribution in [1.29, 1.82) is 0 Å². The predicted octanol–water partition coefficient (Wildman–Crippen LogP) is 3.67. The maximum atomic E-state index is 12.7. The van der Waals surface area contributed by atoms with Crippen LogP contribution in [-0.4, -0.2) is 16.7 Å². The van der Waals surface area contributed by atoms with Gasteiger partial charge in [0.2, 0.25) is 0 Å². The van der Waals surface area contributed by atoms with Crippen LogP contribution >= 0.6 is 11.3 Å². The number of benzene rings is 2. The normalized spacial score (nSPS) is 11.4. The van der Waals surface area contributed by atoms with Gasteiger partial charge in [0, 0.05) is 20.5 Å². The van der Waals surface area contributed by atoms with E-state index in [9.17, 15) is 9.59 Å². The number of aryl methyl sites for hydroxylation is 1. The van der Waals surface area contributed by atoms with Gasteiger partial charge in [-0.2, -0.15) is 5.10 Å². The average Bonchev–Trinajstić information content (AvgIpc) is 3.10. The minimum absolute atomic E-state index is 0.0241. The fraction of sp³-hybridized carbons (Fsp3) is 0.0952. The highest BCUT2D eigenvalue weighted by Crippen LogP contribution is 2.19. The molecular weight excluding hydrogens is 358 g/mol. The van der Waals surface area contributed by atoms with Crippen LogP contribution in [0.25, 0.3) is 21.8 Å². The second kappa shape index (κ2) is 7.17. The molecule has 27 heavy (non-hydrogen) atoms. The van der Waals surface area contributed by atoms with Gasteiger partial charge in [-0.1, -0.05) is 24.3 Å². The lowest BCUT2D eigenvalue weighted by Crippen LogP contribution is -2.24. The Bertz CT molecular complexity index is 1180. The number of nitrogens with one attached hydrogen (secondary N) is 1. The molecule has 0 aliphatic heterocycles. The maximum absolute atomic E-state index is 12.7. The molecule has 0 saturated heterocycles. The van der Waals surface area contributed by atoms with Crippen molar-refractivity contribution in [3.8, 4) is 0 Å². The van der Waals surface area contributed by atoms with Crippen LogP contribution in [0.4, 0.5) is 0 Å². The molecule has 2 aromatic carbocycles. The monoisotopic (exact) mass is 375 g/mol. The van der Waals surface area contributed by atoms with Crippen LogP contribution in [0, 0.1) is 6.92 Å². The summed E-state index contributed by atoms with van der Waals surface area (Å²) in [5.41, 5.74) is 4.01. The number of carbonyl (C=O) groups excluding carboxylic acids is 1. The van der Waals surface area contributed by atoms with Crippen molar-refractivity contribution >= 4 is 45.3 Å². The third kappa shape index (κ3) is 3.39. The summed E-state index contributed by atoms with van der Waals surface area (Å²) in [6.45, 7) is 2.09. The lowest BCUT2D eigenvalue weighted by Gasteiger charge is -2.14. The van der Waals surface area contributed by atoms with Crippen LogP contribution in [0.1, 0.15) is 9.75 Å². The van der Waals surface area contributed by atoms with Gasteiger partial charge in [-0.15, -0.1) is 11.3 Å². The van der Waals surface area contributed by atoms with Gasteiger partial charge in [-0.25, -0.2) is 5.43 Å². The molecule has 0 aliphatic rings. The third-order valence-electron chi connectivity index (χ3n) is 4.32. The van der Waals surface area contributed by atoms with Crippen molar-refractivity contribution < 1.29 is 4.79 Å². The second-order valence-corrected chi connectivity index (χ2v) is 7.51. The van der Waals surface area contributed by atoms with E-state index in [-0.39, 0.29) is 17.9 Å². The van der Waals surface area contributed by atoms with Crippen LogP contribution in [0.15, 0.2) is 70.6 Å². The van der Waals surface area contributed by atoms with Gasteiger partial charge in [-0.05, 0) is 43.3 Å². The van der Waals surface area contributed by atoms with Gasteiger partial charge in [0.25, 0.3) is 5.91 Å². The van der Waals surface area contributed by atoms with Crippen LogP contribution in [0.3, 0.4) is 0 Å². The van der Waals surface area contributed by atoms with Gasteiger partial charge >= 0.3 is 0 Å². The maximum Gasteiger partial charge on any atom is 0.260 e. The van der Waals surface area contributed by atoms with E-state index in [1.807, 2.05) is 60.0 Å². The first-order valence-corrected chi connectivity index (χ1v) is 9.34. The molecule has 6 heteroatoms. The average molecular weight is 375 g/mol. The molecule has 1 N–H and O–H groups in total.